The van der Waals surface area contributed by atoms with Gasteiger partial charge in [-0.3, -0.25) is 0 Å². The Balaban J connectivity index is 1.80. The molecule has 0 amide bonds. The number of hydrogen-bond acceptors (Lipinski definition) is 8. The lowest BCUT2D eigenvalue weighted by Crippen LogP contribution is -2.28. The van der Waals surface area contributed by atoms with Crippen LogP contribution in [0.4, 0.5) is 19.0 Å². The second kappa shape index (κ2) is 11.3. The van der Waals surface area contributed by atoms with Crippen molar-refractivity contribution >= 4 is 22.7 Å². The first kappa shape index (κ1) is 27.3. The molecule has 2 heterocycles. The minimum absolute atomic E-state index is 0.0233. The van der Waals surface area contributed by atoms with E-state index in [0.717, 1.165) is 19.6 Å². The Morgan fingerprint density at radius 1 is 1.24 bits per heavy atom. The molecule has 8 nitrogen and oxygen atoms in total. The zero-order chi connectivity index (χ0) is 26.7. The Bertz CT molecular complexity index is 1130. The Kier molecular flexibility index (Phi) is 8.33. The third-order valence-electron chi connectivity index (χ3n) is 6.66. The summed E-state index contributed by atoms with van der Waals surface area (Å²) in [6, 6.07) is 1.64. The average Bonchev–Trinajstić information content (AvgIpc) is 3.34. The number of aliphatic hydroxyl groups excluding tert-OH is 1. The number of alkyl halides is 3. The van der Waals surface area contributed by atoms with Crippen molar-refractivity contribution in [2.75, 3.05) is 38.7 Å². The second-order valence-electron chi connectivity index (χ2n) is 9.88. The number of pyridine rings is 1. The minimum Gasteiger partial charge on any atom is -0.490 e. The number of aliphatic hydroxyl groups is 1. The number of nitrogens with one attached hydrogen (secondary N) is 1. The summed E-state index contributed by atoms with van der Waals surface area (Å²) in [5.74, 6) is -2.12. The molecule has 1 saturated heterocycles. The van der Waals surface area contributed by atoms with E-state index in [-0.39, 0.29) is 35.1 Å². The van der Waals surface area contributed by atoms with Crippen molar-refractivity contribution in [3.8, 4) is 17.2 Å². The predicted molar refractivity (Wildman–Crippen MR) is 133 cm³/mol. The number of aromatic nitrogens is 1. The summed E-state index contributed by atoms with van der Waals surface area (Å²) in [7, 11) is 1.29. The van der Waals surface area contributed by atoms with E-state index < -0.39 is 18.2 Å². The maximum atomic E-state index is 13.3. The number of carbonyl (C=O) groups is 1. The fourth-order valence-corrected chi connectivity index (χ4v) is 5.03. The molecule has 0 radical (unpaired) electrons. The number of halogens is 3. The number of rotatable bonds is 9. The molecule has 1 aliphatic heterocycles. The van der Waals surface area contributed by atoms with Gasteiger partial charge in [0.15, 0.2) is 11.5 Å². The van der Waals surface area contributed by atoms with Crippen LogP contribution in [-0.4, -0.2) is 72.6 Å². The number of likely N-dealkylation sites (tertiary alicyclic amines) is 1. The van der Waals surface area contributed by atoms with Crippen molar-refractivity contribution in [1.82, 2.24) is 9.88 Å². The van der Waals surface area contributed by atoms with Crippen LogP contribution in [0.5, 0.6) is 17.2 Å². The van der Waals surface area contributed by atoms with Gasteiger partial charge in [0.05, 0.1) is 30.7 Å². The van der Waals surface area contributed by atoms with E-state index in [1.54, 1.807) is 6.07 Å². The first-order chi connectivity index (χ1) is 17.6. The number of carbonyl (C=O) groups excluding carboxylic acids is 1. The predicted octanol–water partition coefficient (Wildman–Crippen LogP) is 4.25. The fraction of sp³-hybridized carbons (Fsp3) is 0.615. The van der Waals surface area contributed by atoms with Gasteiger partial charge in [0.25, 0.3) is 0 Å². The molecule has 1 fully saturated rings. The van der Waals surface area contributed by atoms with Gasteiger partial charge in [-0.25, -0.2) is 9.78 Å². The second-order valence-corrected chi connectivity index (χ2v) is 9.88. The number of benzene rings is 1. The molecule has 1 aliphatic carbocycles. The number of methoxy groups -OCH3 is 1. The zero-order valence-corrected chi connectivity index (χ0v) is 21.4. The first-order valence-electron chi connectivity index (χ1n) is 12.7. The third-order valence-corrected chi connectivity index (χ3v) is 6.66. The quantitative estimate of drug-likeness (QED) is 0.285. The Labute approximate surface area is 214 Å². The largest absolute Gasteiger partial charge is 0.491 e. The molecule has 1 aromatic carbocycles. The number of hydrogen-bond donors (Lipinski definition) is 2. The lowest BCUT2D eigenvalue weighted by molar-refractivity contribution is -0.189. The van der Waals surface area contributed by atoms with Gasteiger partial charge in [-0.1, -0.05) is 0 Å². The van der Waals surface area contributed by atoms with E-state index in [9.17, 15) is 23.1 Å². The molecule has 0 saturated carbocycles. The van der Waals surface area contributed by atoms with E-state index in [0.29, 0.717) is 48.3 Å². The topological polar surface area (TPSA) is 93.2 Å². The molecule has 1 atom stereocenters. The number of nitrogens with zero attached hydrogens (tertiary/aromatic N) is 2. The van der Waals surface area contributed by atoms with Gasteiger partial charge in [0.2, 0.25) is 5.75 Å². The molecule has 1 aromatic heterocycles. The smallest absolute Gasteiger partial charge is 0.490 e. The van der Waals surface area contributed by atoms with Crippen LogP contribution in [0.25, 0.3) is 10.9 Å². The van der Waals surface area contributed by atoms with E-state index in [4.69, 9.17) is 14.2 Å². The SMILES string of the molecule is COc1c(OCCCN2CCCC2)cc2nc(NC(C)C)c3c(c2c1OC(=O)C(F)(F)F)CCC(O)C3. The van der Waals surface area contributed by atoms with Gasteiger partial charge in [0, 0.05) is 30.6 Å². The third kappa shape index (κ3) is 6.20. The Hall–Kier alpha value is -2.79. The van der Waals surface area contributed by atoms with Crippen molar-refractivity contribution in [2.45, 2.75) is 70.7 Å². The van der Waals surface area contributed by atoms with Gasteiger partial charge >= 0.3 is 12.1 Å². The number of ether oxygens (including phenoxy) is 3. The molecule has 2 aliphatic rings. The van der Waals surface area contributed by atoms with Crippen LogP contribution in [-0.2, 0) is 17.6 Å². The molecule has 204 valence electrons. The van der Waals surface area contributed by atoms with Gasteiger partial charge in [-0.2, -0.15) is 13.2 Å². The highest BCUT2D eigenvalue weighted by atomic mass is 19.4. The van der Waals surface area contributed by atoms with Crippen LogP contribution < -0.4 is 19.5 Å². The maximum absolute atomic E-state index is 13.3. The summed E-state index contributed by atoms with van der Waals surface area (Å²) in [6.45, 7) is 7.13. The Morgan fingerprint density at radius 3 is 2.62 bits per heavy atom. The van der Waals surface area contributed by atoms with Crippen LogP contribution in [0.15, 0.2) is 6.07 Å². The van der Waals surface area contributed by atoms with E-state index in [2.05, 4.69) is 15.2 Å². The van der Waals surface area contributed by atoms with Crippen LogP contribution in [0.3, 0.4) is 0 Å². The lowest BCUT2D eigenvalue weighted by Gasteiger charge is -2.27. The van der Waals surface area contributed by atoms with Gasteiger partial charge < -0.3 is 29.5 Å². The standard InChI is InChI=1S/C26H34F3N3O5/c1-15(2)30-24-18-13-16(33)7-8-17(18)21-19(31-24)14-20(36-12-6-11-32-9-4-5-10-32)22(35-3)23(21)37-25(34)26(27,28)29/h14-16,33H,4-13H2,1-3H3,(H,30,31). The molecular weight excluding hydrogens is 491 g/mol. The number of esters is 1. The molecule has 2 aromatic rings. The zero-order valence-electron chi connectivity index (χ0n) is 21.4. The van der Waals surface area contributed by atoms with Crippen molar-refractivity contribution in [3.63, 3.8) is 0 Å². The maximum Gasteiger partial charge on any atom is 0.491 e. The van der Waals surface area contributed by atoms with Gasteiger partial charge in [-0.15, -0.1) is 0 Å². The summed E-state index contributed by atoms with van der Waals surface area (Å²) in [5.41, 5.74) is 1.67. The van der Waals surface area contributed by atoms with Crippen LogP contribution in [0, 0.1) is 0 Å². The number of anilines is 1. The van der Waals surface area contributed by atoms with E-state index in [1.807, 2.05) is 13.8 Å². The molecule has 4 rings (SSSR count). The van der Waals surface area contributed by atoms with E-state index >= 15 is 0 Å². The van der Waals surface area contributed by atoms with Gasteiger partial charge in [-0.05, 0) is 64.6 Å². The summed E-state index contributed by atoms with van der Waals surface area (Å²) >= 11 is 0. The first-order valence-corrected chi connectivity index (χ1v) is 12.7. The number of aryl methyl sites for hydroxylation is 1. The molecular formula is C26H34F3N3O5. The van der Waals surface area contributed by atoms with Crippen LogP contribution in [0.2, 0.25) is 0 Å². The van der Waals surface area contributed by atoms with Crippen molar-refractivity contribution in [1.29, 1.82) is 0 Å². The molecule has 1 unspecified atom stereocenters. The summed E-state index contributed by atoms with van der Waals surface area (Å²) in [4.78, 5) is 19.0. The molecule has 11 heteroatoms. The van der Waals surface area contributed by atoms with Crippen molar-refractivity contribution in [2.24, 2.45) is 0 Å². The summed E-state index contributed by atoms with van der Waals surface area (Å²) < 4.78 is 56.1. The monoisotopic (exact) mass is 525 g/mol. The Morgan fingerprint density at radius 2 is 1.97 bits per heavy atom. The lowest BCUT2D eigenvalue weighted by atomic mass is 9.87. The normalized spacial score (nSPS) is 18.2. The van der Waals surface area contributed by atoms with Crippen molar-refractivity contribution in [3.05, 3.63) is 17.2 Å². The fourth-order valence-electron chi connectivity index (χ4n) is 5.03. The van der Waals surface area contributed by atoms with E-state index in [1.165, 1.54) is 20.0 Å². The molecule has 37 heavy (non-hydrogen) atoms. The average molecular weight is 526 g/mol. The molecule has 0 spiro atoms. The summed E-state index contributed by atoms with van der Waals surface area (Å²) in [5, 5.41) is 13.8. The van der Waals surface area contributed by atoms with Crippen LogP contribution in [0.1, 0.15) is 50.7 Å². The molecule has 2 N–H and O–H groups in total. The minimum atomic E-state index is -5.20. The number of fused-ring (bicyclic) bond motifs is 3. The molecule has 0 bridgehead atoms. The van der Waals surface area contributed by atoms with Crippen molar-refractivity contribution < 1.29 is 37.3 Å². The highest BCUT2D eigenvalue weighted by molar-refractivity contribution is 5.97. The summed E-state index contributed by atoms with van der Waals surface area (Å²) in [6.07, 6.45) is -1.69. The highest BCUT2D eigenvalue weighted by Gasteiger charge is 2.43. The highest BCUT2D eigenvalue weighted by Crippen LogP contribution is 2.48. The van der Waals surface area contributed by atoms with Gasteiger partial charge in [0.1, 0.15) is 5.82 Å². The van der Waals surface area contributed by atoms with Crippen LogP contribution >= 0.6 is 0 Å².